The number of hydrogen-bond acceptors (Lipinski definition) is 6. The maximum atomic E-state index is 12.2. The first kappa shape index (κ1) is 19.8. The summed E-state index contributed by atoms with van der Waals surface area (Å²) in [6, 6.07) is 11.0. The number of nitrogens with zero attached hydrogens (tertiary/aromatic N) is 3. The Balaban J connectivity index is 1.76. The molecule has 1 aliphatic heterocycles. The van der Waals surface area contributed by atoms with E-state index in [1.807, 2.05) is 24.3 Å². The number of amides is 1. The second-order valence-corrected chi connectivity index (χ2v) is 7.72. The number of thioether (sulfide) groups is 1. The van der Waals surface area contributed by atoms with Crippen LogP contribution < -0.4 is 20.5 Å². The molecule has 0 saturated carbocycles. The van der Waals surface area contributed by atoms with Gasteiger partial charge in [-0.2, -0.15) is 0 Å². The fraction of sp³-hybridized carbons (Fsp3) is 0.190. The Bertz CT molecular complexity index is 1260. The van der Waals surface area contributed by atoms with E-state index >= 15 is 0 Å². The number of methoxy groups -OCH3 is 2. The third-order valence-corrected chi connectivity index (χ3v) is 5.65. The topological polar surface area (TPSA) is 86.9 Å². The number of ether oxygens (including phenoxy) is 2. The Kier molecular flexibility index (Phi) is 5.13. The molecule has 3 aromatic rings. The molecule has 0 unspecified atom stereocenters. The Labute approximate surface area is 176 Å². The molecule has 0 radical (unpaired) electrons. The van der Waals surface area contributed by atoms with Gasteiger partial charge in [0.05, 0.1) is 35.8 Å². The molecule has 9 heteroatoms. The molecule has 0 bridgehead atoms. The number of aromatic nitrogens is 2. The summed E-state index contributed by atoms with van der Waals surface area (Å²) < 4.78 is 13.8. The molecule has 2 heterocycles. The zero-order valence-electron chi connectivity index (χ0n) is 16.9. The number of imidazole rings is 1. The van der Waals surface area contributed by atoms with Crippen molar-refractivity contribution in [2.24, 2.45) is 19.1 Å². The van der Waals surface area contributed by atoms with Crippen LogP contribution in [0.25, 0.3) is 17.1 Å². The molecule has 1 saturated heterocycles. The van der Waals surface area contributed by atoms with E-state index in [0.717, 1.165) is 28.4 Å². The third-order valence-electron chi connectivity index (χ3n) is 4.83. The van der Waals surface area contributed by atoms with Crippen LogP contribution in [0.2, 0.25) is 0 Å². The minimum Gasteiger partial charge on any atom is -0.497 e. The van der Waals surface area contributed by atoms with Crippen molar-refractivity contribution in [1.29, 1.82) is 0 Å². The van der Waals surface area contributed by atoms with E-state index in [2.05, 4.69) is 10.3 Å². The number of aryl methyl sites for hydroxylation is 2. The quantitative estimate of drug-likeness (QED) is 0.694. The molecule has 1 aliphatic rings. The number of hydrogen-bond donors (Lipinski definition) is 1. The SMILES string of the molecule is COc1cc(N=C2NC(=O)SC2=Cc2ccc3c(c2)n(C)c(=O)n3C)cc(OC)c1. The van der Waals surface area contributed by atoms with Gasteiger partial charge >= 0.3 is 5.69 Å². The average Bonchev–Trinajstić information content (AvgIpc) is 3.19. The normalized spacial score (nSPS) is 16.5. The summed E-state index contributed by atoms with van der Waals surface area (Å²) in [5, 5.41) is 2.57. The van der Waals surface area contributed by atoms with Crippen LogP contribution in [0, 0.1) is 0 Å². The highest BCUT2D eigenvalue weighted by Gasteiger charge is 2.24. The van der Waals surface area contributed by atoms with Crippen molar-refractivity contribution >= 4 is 45.6 Å². The number of nitrogens with one attached hydrogen (secondary N) is 1. The fourth-order valence-corrected chi connectivity index (χ4v) is 4.00. The first-order valence-corrected chi connectivity index (χ1v) is 9.89. The maximum absolute atomic E-state index is 12.2. The second kappa shape index (κ2) is 7.75. The first-order chi connectivity index (χ1) is 14.4. The predicted molar refractivity (Wildman–Crippen MR) is 119 cm³/mol. The van der Waals surface area contributed by atoms with Crippen molar-refractivity contribution in [3.05, 3.63) is 57.4 Å². The lowest BCUT2D eigenvalue weighted by Crippen LogP contribution is -2.19. The number of rotatable bonds is 4. The fourth-order valence-electron chi connectivity index (χ4n) is 3.26. The summed E-state index contributed by atoms with van der Waals surface area (Å²) >= 11 is 1.07. The first-order valence-electron chi connectivity index (χ1n) is 9.07. The predicted octanol–water partition coefficient (Wildman–Crippen LogP) is 3.42. The van der Waals surface area contributed by atoms with E-state index in [0.29, 0.717) is 27.9 Å². The van der Waals surface area contributed by atoms with Crippen LogP contribution in [0.3, 0.4) is 0 Å². The van der Waals surface area contributed by atoms with Crippen molar-refractivity contribution in [3.8, 4) is 11.5 Å². The van der Waals surface area contributed by atoms with Crippen LogP contribution in [0.1, 0.15) is 5.56 Å². The van der Waals surface area contributed by atoms with Gasteiger partial charge in [0, 0.05) is 32.3 Å². The van der Waals surface area contributed by atoms with Gasteiger partial charge in [-0.3, -0.25) is 13.9 Å². The molecule has 1 amide bonds. The molecule has 30 heavy (non-hydrogen) atoms. The van der Waals surface area contributed by atoms with Gasteiger partial charge in [-0.15, -0.1) is 0 Å². The summed E-state index contributed by atoms with van der Waals surface area (Å²) in [6.07, 6.45) is 1.87. The Morgan fingerprint density at radius 1 is 0.967 bits per heavy atom. The van der Waals surface area contributed by atoms with Gasteiger partial charge in [0.25, 0.3) is 5.24 Å². The second-order valence-electron chi connectivity index (χ2n) is 6.70. The summed E-state index contributed by atoms with van der Waals surface area (Å²) in [5.74, 6) is 1.65. The van der Waals surface area contributed by atoms with Crippen LogP contribution in [0.4, 0.5) is 10.5 Å². The number of carbonyl (C=O) groups excluding carboxylic acids is 1. The molecule has 0 atom stereocenters. The summed E-state index contributed by atoms with van der Waals surface area (Å²) in [4.78, 5) is 29.5. The molecular formula is C21H20N4O4S. The highest BCUT2D eigenvalue weighted by atomic mass is 32.2. The van der Waals surface area contributed by atoms with E-state index in [4.69, 9.17) is 9.47 Å². The van der Waals surface area contributed by atoms with Crippen molar-refractivity contribution in [2.45, 2.75) is 0 Å². The molecule has 0 spiro atoms. The summed E-state index contributed by atoms with van der Waals surface area (Å²) in [6.45, 7) is 0. The highest BCUT2D eigenvalue weighted by molar-refractivity contribution is 8.18. The molecule has 154 valence electrons. The van der Waals surface area contributed by atoms with Crippen LogP contribution in [0.5, 0.6) is 11.5 Å². The van der Waals surface area contributed by atoms with Crippen LogP contribution in [0.15, 0.2) is 51.1 Å². The van der Waals surface area contributed by atoms with Crippen molar-refractivity contribution < 1.29 is 14.3 Å². The number of aliphatic imine (C=N–C) groups is 1. The summed E-state index contributed by atoms with van der Waals surface area (Å²) in [7, 11) is 6.61. The van der Waals surface area contributed by atoms with Crippen molar-refractivity contribution in [2.75, 3.05) is 14.2 Å². The molecule has 8 nitrogen and oxygen atoms in total. The largest absolute Gasteiger partial charge is 0.497 e. The Hall–Kier alpha value is -3.46. The number of benzene rings is 2. The molecule has 1 N–H and O–H groups in total. The Morgan fingerprint density at radius 2 is 1.63 bits per heavy atom. The minimum atomic E-state index is -0.206. The van der Waals surface area contributed by atoms with Gasteiger partial charge in [-0.05, 0) is 35.5 Å². The monoisotopic (exact) mass is 424 g/mol. The lowest BCUT2D eigenvalue weighted by Gasteiger charge is -2.06. The smallest absolute Gasteiger partial charge is 0.328 e. The summed E-state index contributed by atoms with van der Waals surface area (Å²) in [5.41, 5.74) is 3.02. The van der Waals surface area contributed by atoms with E-state index < -0.39 is 0 Å². The number of fused-ring (bicyclic) bond motifs is 1. The highest BCUT2D eigenvalue weighted by Crippen LogP contribution is 2.32. The van der Waals surface area contributed by atoms with Gasteiger partial charge in [-0.25, -0.2) is 9.79 Å². The van der Waals surface area contributed by atoms with Crippen LogP contribution >= 0.6 is 11.8 Å². The van der Waals surface area contributed by atoms with Gasteiger partial charge < -0.3 is 14.8 Å². The number of carbonyl (C=O) groups is 1. The molecule has 0 aliphatic carbocycles. The minimum absolute atomic E-state index is 0.0869. The average molecular weight is 424 g/mol. The zero-order chi connectivity index (χ0) is 21.4. The van der Waals surface area contributed by atoms with Gasteiger partial charge in [0.1, 0.15) is 17.3 Å². The van der Waals surface area contributed by atoms with Crippen molar-refractivity contribution in [3.63, 3.8) is 0 Å². The zero-order valence-corrected chi connectivity index (χ0v) is 17.7. The molecule has 4 rings (SSSR count). The van der Waals surface area contributed by atoms with E-state index in [9.17, 15) is 9.59 Å². The van der Waals surface area contributed by atoms with Crippen molar-refractivity contribution in [1.82, 2.24) is 14.5 Å². The Morgan fingerprint density at radius 3 is 2.30 bits per heavy atom. The van der Waals surface area contributed by atoms with E-state index in [-0.39, 0.29) is 10.9 Å². The van der Waals surface area contributed by atoms with Gasteiger partial charge in [-0.1, -0.05) is 6.07 Å². The van der Waals surface area contributed by atoms with Crippen LogP contribution in [-0.4, -0.2) is 34.4 Å². The van der Waals surface area contributed by atoms with Crippen LogP contribution in [-0.2, 0) is 14.1 Å². The molecule has 1 aromatic heterocycles. The van der Waals surface area contributed by atoms with E-state index in [1.165, 1.54) is 0 Å². The lowest BCUT2D eigenvalue weighted by atomic mass is 10.2. The number of amidine groups is 1. The van der Waals surface area contributed by atoms with Gasteiger partial charge in [0.15, 0.2) is 0 Å². The maximum Gasteiger partial charge on any atom is 0.328 e. The molecule has 1 fully saturated rings. The lowest BCUT2D eigenvalue weighted by molar-refractivity contribution is 0.265. The standard InChI is InChI=1S/C21H20N4O4S/c1-24-16-6-5-12(7-17(16)25(2)21(24)27)8-18-19(23-20(26)30-18)22-13-9-14(28-3)11-15(10-13)29-4/h5-11H,1-4H3,(H,22,23,26). The van der Waals surface area contributed by atoms with E-state index in [1.54, 1.807) is 55.6 Å². The molecule has 2 aromatic carbocycles. The third kappa shape index (κ3) is 3.59. The van der Waals surface area contributed by atoms with Gasteiger partial charge in [0.2, 0.25) is 0 Å². The molecular weight excluding hydrogens is 404 g/mol.